The molecule has 0 saturated carbocycles. The van der Waals surface area contributed by atoms with Gasteiger partial charge in [0.25, 0.3) is 0 Å². The van der Waals surface area contributed by atoms with Gasteiger partial charge in [0.2, 0.25) is 0 Å². The first-order valence-electron chi connectivity index (χ1n) is 10.5. The highest BCUT2D eigenvalue weighted by molar-refractivity contribution is 5.63. The summed E-state index contributed by atoms with van der Waals surface area (Å²) in [5.41, 5.74) is 4.01. The Hall–Kier alpha value is -2.62. The van der Waals surface area contributed by atoms with Gasteiger partial charge < -0.3 is 30.6 Å². The summed E-state index contributed by atoms with van der Waals surface area (Å²) in [6.07, 6.45) is -3.09. The Balaban J connectivity index is 0.000000451. The fourth-order valence-corrected chi connectivity index (χ4v) is 3.10. The van der Waals surface area contributed by atoms with Crippen molar-refractivity contribution in [2.24, 2.45) is 0 Å². The normalized spacial score (nSPS) is 15.4. The van der Waals surface area contributed by atoms with E-state index in [4.69, 9.17) is 5.11 Å². The molecule has 2 rings (SSSR count). The van der Waals surface area contributed by atoms with E-state index < -0.39 is 37.3 Å². The Labute approximate surface area is 195 Å². The third kappa shape index (κ3) is 8.34. The van der Waals surface area contributed by atoms with Crippen molar-refractivity contribution >= 4 is 18.2 Å². The molecule has 2 aromatic carbocycles. The minimum Gasteiger partial charge on any atom is -0.394 e. The molecule has 7 heteroatoms. The average Bonchev–Trinajstić information content (AvgIpc) is 2.86. The van der Waals surface area contributed by atoms with Crippen LogP contribution < -0.4 is 0 Å². The Morgan fingerprint density at radius 2 is 1.18 bits per heavy atom. The maximum atomic E-state index is 10.1. The van der Waals surface area contributed by atoms with Crippen LogP contribution in [-0.4, -0.2) is 79.8 Å². The van der Waals surface area contributed by atoms with Gasteiger partial charge in [-0.1, -0.05) is 86.5 Å². The number of aliphatic hydroxyl groups excluding tert-OH is 6. The molecule has 33 heavy (non-hydrogen) atoms. The predicted molar refractivity (Wildman–Crippen MR) is 132 cm³/mol. The molecule has 5 atom stereocenters. The molecule has 0 aliphatic rings. The van der Waals surface area contributed by atoms with Gasteiger partial charge >= 0.3 is 0 Å². The third-order valence-electron chi connectivity index (χ3n) is 5.17. The molecule has 2 aromatic rings. The van der Waals surface area contributed by atoms with Crippen molar-refractivity contribution in [3.8, 4) is 0 Å². The fourth-order valence-electron chi connectivity index (χ4n) is 3.10. The number of rotatable bonds is 11. The molecule has 0 fully saturated rings. The van der Waals surface area contributed by atoms with E-state index in [2.05, 4.69) is 19.7 Å². The minimum atomic E-state index is -1.82. The molecule has 0 aliphatic carbocycles. The first kappa shape index (κ1) is 28.4. The fraction of sp³-hybridized carbons (Fsp3) is 0.308. The highest BCUT2D eigenvalue weighted by Crippen LogP contribution is 2.16. The maximum absolute atomic E-state index is 10.1. The van der Waals surface area contributed by atoms with Crippen LogP contribution in [0.4, 0.5) is 0 Å². The molecule has 0 heterocycles. The number of nitrogens with zero attached hydrogens (tertiary/aromatic N) is 1. The van der Waals surface area contributed by atoms with Crippen LogP contribution >= 0.6 is 0 Å². The lowest BCUT2D eigenvalue weighted by molar-refractivity contribution is -0.168. The zero-order valence-corrected chi connectivity index (χ0v) is 18.9. The van der Waals surface area contributed by atoms with Crippen molar-refractivity contribution in [2.75, 3.05) is 13.7 Å². The predicted octanol–water partition coefficient (Wildman–Crippen LogP) is 1.49. The van der Waals surface area contributed by atoms with E-state index in [1.165, 1.54) is 11.9 Å². The lowest BCUT2D eigenvalue weighted by Crippen LogP contribution is -2.53. The molecule has 0 aliphatic heterocycles. The van der Waals surface area contributed by atoms with Crippen molar-refractivity contribution in [3.05, 3.63) is 90.5 Å². The molecule has 7 nitrogen and oxygen atoms in total. The highest BCUT2D eigenvalue weighted by atomic mass is 16.4. The van der Waals surface area contributed by atoms with Gasteiger partial charge in [0.1, 0.15) is 30.6 Å². The minimum absolute atomic E-state index is 0.270. The second-order valence-electron chi connectivity index (χ2n) is 7.49. The van der Waals surface area contributed by atoms with Crippen LogP contribution in [0.2, 0.25) is 0 Å². The second kappa shape index (κ2) is 14.5. The van der Waals surface area contributed by atoms with Crippen molar-refractivity contribution in [1.82, 2.24) is 4.90 Å². The van der Waals surface area contributed by atoms with E-state index in [-0.39, 0.29) is 6.54 Å². The molecular weight excluding hydrogens is 422 g/mol. The standard InChI is InChI=1S/C16H25NO6.C10H10/c1-3-10-6-4-5-7-11(10)8-17(2)16(23)15(22)14(21)13(20)12(19)9-18;1-3-9-7-5-6-8-10(9)4-2/h3-7,12-16,18-23H,1,8-9H2,2H3;3-8H,1-2H2/t12-,13-,14+,15-,16?;/m1./s1. The third-order valence-corrected chi connectivity index (χ3v) is 5.17. The molecule has 0 aromatic heterocycles. The summed E-state index contributed by atoms with van der Waals surface area (Å²) in [5.74, 6) is 0. The van der Waals surface area contributed by atoms with E-state index >= 15 is 0 Å². The van der Waals surface area contributed by atoms with Gasteiger partial charge in [-0.05, 0) is 29.3 Å². The number of hydrogen-bond acceptors (Lipinski definition) is 7. The van der Waals surface area contributed by atoms with Crippen LogP contribution in [0.1, 0.15) is 22.3 Å². The molecule has 0 radical (unpaired) electrons. The molecule has 0 saturated heterocycles. The molecule has 180 valence electrons. The number of likely N-dealkylation sites (N-methyl/N-ethyl adjacent to an activating group) is 1. The van der Waals surface area contributed by atoms with E-state index in [1.807, 2.05) is 60.7 Å². The lowest BCUT2D eigenvalue weighted by Gasteiger charge is -2.33. The van der Waals surface area contributed by atoms with E-state index in [1.54, 1.807) is 6.08 Å². The van der Waals surface area contributed by atoms with Crippen molar-refractivity contribution in [2.45, 2.75) is 37.2 Å². The molecule has 0 spiro atoms. The van der Waals surface area contributed by atoms with Gasteiger partial charge in [-0.2, -0.15) is 0 Å². The quantitative estimate of drug-likeness (QED) is 0.283. The van der Waals surface area contributed by atoms with Crippen molar-refractivity contribution in [3.63, 3.8) is 0 Å². The zero-order chi connectivity index (χ0) is 25.0. The number of aliphatic hydroxyl groups is 6. The summed E-state index contributed by atoms with van der Waals surface area (Å²) in [5, 5.41) is 57.5. The summed E-state index contributed by atoms with van der Waals surface area (Å²) >= 11 is 0. The molecule has 0 bridgehead atoms. The van der Waals surface area contributed by atoms with Crippen LogP contribution in [0.25, 0.3) is 18.2 Å². The van der Waals surface area contributed by atoms with Crippen molar-refractivity contribution in [1.29, 1.82) is 0 Å². The van der Waals surface area contributed by atoms with Crippen LogP contribution in [0, 0.1) is 0 Å². The first-order chi connectivity index (χ1) is 15.7. The maximum Gasteiger partial charge on any atom is 0.136 e. The average molecular weight is 458 g/mol. The van der Waals surface area contributed by atoms with Crippen LogP contribution in [0.5, 0.6) is 0 Å². The lowest BCUT2D eigenvalue weighted by atomic mass is 10.0. The topological polar surface area (TPSA) is 125 Å². The van der Waals surface area contributed by atoms with Gasteiger partial charge in [-0.25, -0.2) is 0 Å². The van der Waals surface area contributed by atoms with E-state index in [0.717, 1.165) is 22.3 Å². The Kier molecular flexibility index (Phi) is 12.5. The Morgan fingerprint density at radius 3 is 1.64 bits per heavy atom. The SMILES string of the molecule is C=Cc1ccccc1C=C.C=Cc1ccccc1CN(C)C(O)[C@H](O)[C@@H](O)[C@H](O)[C@H](O)CO. The molecule has 6 N–H and O–H groups in total. The van der Waals surface area contributed by atoms with Gasteiger partial charge in [0, 0.05) is 6.54 Å². The van der Waals surface area contributed by atoms with Gasteiger partial charge in [-0.15, -0.1) is 0 Å². The van der Waals surface area contributed by atoms with Gasteiger partial charge in [0.05, 0.1) is 6.61 Å². The summed E-state index contributed by atoms with van der Waals surface area (Å²) in [6, 6.07) is 15.4. The zero-order valence-electron chi connectivity index (χ0n) is 18.9. The molecule has 0 amide bonds. The smallest absolute Gasteiger partial charge is 0.136 e. The Morgan fingerprint density at radius 1 is 0.727 bits per heavy atom. The Bertz CT molecular complexity index is 860. The largest absolute Gasteiger partial charge is 0.394 e. The highest BCUT2D eigenvalue weighted by Gasteiger charge is 2.35. The van der Waals surface area contributed by atoms with Crippen LogP contribution in [0.15, 0.2) is 68.3 Å². The molecular formula is C26H35NO6. The van der Waals surface area contributed by atoms with Crippen LogP contribution in [0.3, 0.4) is 0 Å². The number of hydrogen-bond donors (Lipinski definition) is 6. The van der Waals surface area contributed by atoms with Gasteiger partial charge in [-0.3, -0.25) is 4.90 Å². The molecule has 1 unspecified atom stereocenters. The summed E-state index contributed by atoms with van der Waals surface area (Å²) in [7, 11) is 1.54. The van der Waals surface area contributed by atoms with Gasteiger partial charge in [0.15, 0.2) is 0 Å². The summed E-state index contributed by atoms with van der Waals surface area (Å²) in [4.78, 5) is 1.38. The monoisotopic (exact) mass is 457 g/mol. The van der Waals surface area contributed by atoms with E-state index in [0.29, 0.717) is 0 Å². The summed E-state index contributed by atoms with van der Waals surface area (Å²) < 4.78 is 0. The summed E-state index contributed by atoms with van der Waals surface area (Å²) in [6.45, 7) is 10.6. The van der Waals surface area contributed by atoms with E-state index in [9.17, 15) is 25.5 Å². The van der Waals surface area contributed by atoms with Crippen LogP contribution in [-0.2, 0) is 6.54 Å². The number of benzene rings is 2. The first-order valence-corrected chi connectivity index (χ1v) is 10.5. The van der Waals surface area contributed by atoms with Crippen molar-refractivity contribution < 1.29 is 30.6 Å². The second-order valence-corrected chi connectivity index (χ2v) is 7.49.